The Balaban J connectivity index is 2.33. The Kier molecular flexibility index (Phi) is 5.12. The van der Waals surface area contributed by atoms with Crippen molar-refractivity contribution in [3.05, 3.63) is 27.7 Å². The maximum atomic E-state index is 12.6. The number of Topliss-reactive ketones (excluding diaryl/α,β-unsaturated/α-hetero) is 1. The highest BCUT2D eigenvalue weighted by atomic mass is 35.5. The molecule has 0 aliphatic heterocycles. The predicted molar refractivity (Wildman–Crippen MR) is 78.5 cm³/mol. The van der Waals surface area contributed by atoms with E-state index in [0.717, 1.165) is 25.7 Å². The third kappa shape index (κ3) is 3.43. The molecule has 0 aromatic heterocycles. The lowest BCUT2D eigenvalue weighted by molar-refractivity contribution is 0.0885. The molecule has 1 fully saturated rings. The zero-order valence-corrected chi connectivity index (χ0v) is 12.6. The molecule has 0 bridgehead atoms. The molecule has 0 heterocycles. The van der Waals surface area contributed by atoms with Crippen LogP contribution in [-0.2, 0) is 0 Å². The summed E-state index contributed by atoms with van der Waals surface area (Å²) in [5.41, 5.74) is 0.534. The number of carbonyl (C=O) groups excluding carboxylic acids is 1. The molecule has 0 radical (unpaired) electrons. The van der Waals surface area contributed by atoms with E-state index < -0.39 is 0 Å². The Morgan fingerprint density at radius 1 is 1.26 bits per heavy atom. The van der Waals surface area contributed by atoms with Gasteiger partial charge in [0.25, 0.3) is 0 Å². The van der Waals surface area contributed by atoms with Crippen LogP contribution in [0.3, 0.4) is 0 Å². The van der Waals surface area contributed by atoms with Gasteiger partial charge < -0.3 is 4.74 Å². The van der Waals surface area contributed by atoms with Gasteiger partial charge in [-0.25, -0.2) is 0 Å². The average Bonchev–Trinajstić information content (AvgIpc) is 2.42. The predicted octanol–water partition coefficient (Wildman–Crippen LogP) is 5.16. The second-order valence-electron chi connectivity index (χ2n) is 4.90. The van der Waals surface area contributed by atoms with Gasteiger partial charge in [0.2, 0.25) is 0 Å². The first kappa shape index (κ1) is 14.7. The van der Waals surface area contributed by atoms with Crippen LogP contribution in [0, 0.1) is 5.92 Å². The summed E-state index contributed by atoms with van der Waals surface area (Å²) in [6.45, 7) is 2.35. The molecule has 2 nitrogen and oxygen atoms in total. The second kappa shape index (κ2) is 6.62. The van der Waals surface area contributed by atoms with E-state index in [-0.39, 0.29) is 11.7 Å². The van der Waals surface area contributed by atoms with E-state index in [2.05, 4.69) is 0 Å². The van der Waals surface area contributed by atoms with Crippen LogP contribution in [-0.4, -0.2) is 12.4 Å². The maximum absolute atomic E-state index is 12.6. The fraction of sp³-hybridized carbons (Fsp3) is 0.533. The number of ketones is 1. The van der Waals surface area contributed by atoms with Crippen molar-refractivity contribution in [1.29, 1.82) is 0 Å². The average molecular weight is 301 g/mol. The molecule has 1 aliphatic carbocycles. The number of rotatable bonds is 4. The van der Waals surface area contributed by atoms with Crippen LogP contribution >= 0.6 is 23.2 Å². The molecule has 0 saturated heterocycles. The smallest absolute Gasteiger partial charge is 0.169 e. The molecular weight excluding hydrogens is 283 g/mol. The summed E-state index contributed by atoms with van der Waals surface area (Å²) in [6.07, 6.45) is 5.37. The highest BCUT2D eigenvalue weighted by Gasteiger charge is 2.26. The summed E-state index contributed by atoms with van der Waals surface area (Å²) >= 11 is 12.1. The Bertz CT molecular complexity index is 465. The molecule has 0 atom stereocenters. The minimum absolute atomic E-state index is 0.0856. The lowest BCUT2D eigenvalue weighted by atomic mass is 9.83. The molecular formula is C15H18Cl2O2. The van der Waals surface area contributed by atoms with Crippen LogP contribution in [0.25, 0.3) is 0 Å². The van der Waals surface area contributed by atoms with Crippen molar-refractivity contribution in [3.63, 3.8) is 0 Å². The van der Waals surface area contributed by atoms with Gasteiger partial charge in [-0.05, 0) is 31.9 Å². The fourth-order valence-electron chi connectivity index (χ4n) is 2.62. The number of carbonyl (C=O) groups is 1. The fourth-order valence-corrected chi connectivity index (χ4v) is 3.17. The summed E-state index contributed by atoms with van der Waals surface area (Å²) in [7, 11) is 0. The van der Waals surface area contributed by atoms with Crippen LogP contribution in [0.15, 0.2) is 12.1 Å². The first-order chi connectivity index (χ1) is 9.13. The van der Waals surface area contributed by atoms with Gasteiger partial charge >= 0.3 is 0 Å². The van der Waals surface area contributed by atoms with Crippen LogP contribution in [0.4, 0.5) is 0 Å². The third-order valence-corrected chi connectivity index (χ3v) is 4.04. The molecule has 0 spiro atoms. The number of hydrogen-bond donors (Lipinski definition) is 0. The van der Waals surface area contributed by atoms with Gasteiger partial charge in [0.1, 0.15) is 5.75 Å². The van der Waals surface area contributed by atoms with Gasteiger partial charge in [0.15, 0.2) is 5.78 Å². The van der Waals surface area contributed by atoms with Crippen LogP contribution in [0.2, 0.25) is 10.0 Å². The summed E-state index contributed by atoms with van der Waals surface area (Å²) in [5.74, 6) is 0.680. The van der Waals surface area contributed by atoms with Gasteiger partial charge in [-0.15, -0.1) is 0 Å². The zero-order valence-electron chi connectivity index (χ0n) is 11.0. The largest absolute Gasteiger partial charge is 0.492 e. The SMILES string of the molecule is CCOc1c(Cl)cc(Cl)cc1C(=O)C1CCCCC1. The quantitative estimate of drug-likeness (QED) is 0.718. The van der Waals surface area contributed by atoms with Crippen molar-refractivity contribution in [2.24, 2.45) is 5.92 Å². The standard InChI is InChI=1S/C15H18Cl2O2/c1-2-19-15-12(8-11(16)9-13(15)17)14(18)10-6-4-3-5-7-10/h8-10H,2-7H2,1H3. The molecule has 0 N–H and O–H groups in total. The van der Waals surface area contributed by atoms with E-state index in [4.69, 9.17) is 27.9 Å². The molecule has 0 amide bonds. The monoisotopic (exact) mass is 300 g/mol. The van der Waals surface area contributed by atoms with Crippen LogP contribution in [0.1, 0.15) is 49.4 Å². The number of hydrogen-bond acceptors (Lipinski definition) is 2. The lowest BCUT2D eigenvalue weighted by Gasteiger charge is -2.22. The first-order valence-electron chi connectivity index (χ1n) is 6.79. The molecule has 2 rings (SSSR count). The van der Waals surface area contributed by atoms with E-state index in [1.807, 2.05) is 6.92 Å². The van der Waals surface area contributed by atoms with Crippen molar-refractivity contribution in [3.8, 4) is 5.75 Å². The van der Waals surface area contributed by atoms with E-state index in [1.165, 1.54) is 6.42 Å². The minimum atomic E-state index is 0.0856. The van der Waals surface area contributed by atoms with E-state index in [9.17, 15) is 4.79 Å². The topological polar surface area (TPSA) is 26.3 Å². The Morgan fingerprint density at radius 3 is 2.58 bits per heavy atom. The molecule has 104 valence electrons. The van der Waals surface area contributed by atoms with E-state index in [0.29, 0.717) is 28.0 Å². The molecule has 1 aromatic carbocycles. The summed E-state index contributed by atoms with van der Waals surface area (Å²) < 4.78 is 5.52. The van der Waals surface area contributed by atoms with Crippen molar-refractivity contribution >= 4 is 29.0 Å². The van der Waals surface area contributed by atoms with Gasteiger partial charge in [0.05, 0.1) is 17.2 Å². The second-order valence-corrected chi connectivity index (χ2v) is 5.74. The molecule has 0 unspecified atom stereocenters. The van der Waals surface area contributed by atoms with Crippen molar-refractivity contribution < 1.29 is 9.53 Å². The molecule has 4 heteroatoms. The molecule has 1 aromatic rings. The Hall–Kier alpha value is -0.730. The third-order valence-electron chi connectivity index (χ3n) is 3.54. The number of halogens is 2. The van der Waals surface area contributed by atoms with Gasteiger partial charge in [-0.1, -0.05) is 42.5 Å². The van der Waals surface area contributed by atoms with Gasteiger partial charge in [-0.2, -0.15) is 0 Å². The number of benzene rings is 1. The highest BCUT2D eigenvalue weighted by molar-refractivity contribution is 6.36. The van der Waals surface area contributed by atoms with Crippen LogP contribution < -0.4 is 4.74 Å². The van der Waals surface area contributed by atoms with E-state index in [1.54, 1.807) is 12.1 Å². The summed E-state index contributed by atoms with van der Waals surface area (Å²) in [4.78, 5) is 12.6. The normalized spacial score (nSPS) is 16.4. The molecule has 19 heavy (non-hydrogen) atoms. The molecule has 1 saturated carbocycles. The lowest BCUT2D eigenvalue weighted by Crippen LogP contribution is -2.19. The first-order valence-corrected chi connectivity index (χ1v) is 7.55. The zero-order chi connectivity index (χ0) is 13.8. The Labute approximate surface area is 124 Å². The summed E-state index contributed by atoms with van der Waals surface area (Å²) in [6, 6.07) is 3.29. The Morgan fingerprint density at radius 2 is 1.95 bits per heavy atom. The minimum Gasteiger partial charge on any atom is -0.492 e. The van der Waals surface area contributed by atoms with Gasteiger partial charge in [0, 0.05) is 10.9 Å². The van der Waals surface area contributed by atoms with Crippen molar-refractivity contribution in [2.45, 2.75) is 39.0 Å². The highest BCUT2D eigenvalue weighted by Crippen LogP contribution is 2.36. The maximum Gasteiger partial charge on any atom is 0.169 e. The van der Waals surface area contributed by atoms with Crippen LogP contribution in [0.5, 0.6) is 5.75 Å². The van der Waals surface area contributed by atoms with Crippen molar-refractivity contribution in [1.82, 2.24) is 0 Å². The molecule has 1 aliphatic rings. The van der Waals surface area contributed by atoms with E-state index >= 15 is 0 Å². The summed E-state index contributed by atoms with van der Waals surface area (Å²) in [5, 5.41) is 0.890. The number of ether oxygens (including phenoxy) is 1. The van der Waals surface area contributed by atoms with Crippen molar-refractivity contribution in [2.75, 3.05) is 6.61 Å². The van der Waals surface area contributed by atoms with Gasteiger partial charge in [-0.3, -0.25) is 4.79 Å².